The Bertz CT molecular complexity index is 715. The molecule has 0 fully saturated rings. The van der Waals surface area contributed by atoms with Crippen LogP contribution < -0.4 is 10.6 Å². The molecule has 0 amide bonds. The fraction of sp³-hybridized carbons (Fsp3) is 0.500. The van der Waals surface area contributed by atoms with Crippen LogP contribution >= 0.6 is 0 Å². The maximum absolute atomic E-state index is 4.64. The van der Waals surface area contributed by atoms with Crippen LogP contribution in [0.5, 0.6) is 0 Å². The molecule has 1 aliphatic rings. The smallest absolute Gasteiger partial charge is 0.191 e. The maximum atomic E-state index is 4.64. The lowest BCUT2D eigenvalue weighted by Crippen LogP contribution is -2.38. The Labute approximate surface area is 143 Å². The summed E-state index contributed by atoms with van der Waals surface area (Å²) in [4.78, 5) is 4.64. The average molecular weight is 326 g/mol. The fourth-order valence-electron chi connectivity index (χ4n) is 2.96. The van der Waals surface area contributed by atoms with Gasteiger partial charge in [0.1, 0.15) is 6.54 Å². The molecule has 0 aromatic carbocycles. The van der Waals surface area contributed by atoms with Crippen LogP contribution in [0.3, 0.4) is 0 Å². The second kappa shape index (κ2) is 8.47. The summed E-state index contributed by atoms with van der Waals surface area (Å²) >= 11 is 0. The average Bonchev–Trinajstić information content (AvgIpc) is 3.04. The molecule has 0 saturated carbocycles. The maximum Gasteiger partial charge on any atom is 0.191 e. The number of aromatic nitrogens is 3. The van der Waals surface area contributed by atoms with Crippen molar-refractivity contribution in [3.63, 3.8) is 0 Å². The molecule has 2 aromatic rings. The summed E-state index contributed by atoms with van der Waals surface area (Å²) in [6.45, 7) is 4.34. The third-order valence-corrected chi connectivity index (χ3v) is 4.23. The van der Waals surface area contributed by atoms with Gasteiger partial charge in [0.25, 0.3) is 0 Å². The standard InChI is InChI=1S/C18H26N6/c1-2-19-18(20-12-11-15-8-4-3-5-9-15)21-14-17-23-22-16-10-6-7-13-24(16)17/h6-8,10,13H,2-5,9,11-12,14H2,1H3,(H2,19,20,21). The van der Waals surface area contributed by atoms with Crippen LogP contribution in [0.2, 0.25) is 0 Å². The van der Waals surface area contributed by atoms with Gasteiger partial charge in [-0.05, 0) is 51.2 Å². The number of rotatable bonds is 6. The van der Waals surface area contributed by atoms with Gasteiger partial charge in [-0.3, -0.25) is 4.40 Å². The van der Waals surface area contributed by atoms with Crippen LogP contribution in [-0.4, -0.2) is 33.6 Å². The lowest BCUT2D eigenvalue weighted by atomic mass is 9.97. The SMILES string of the molecule is CCNC(=NCc1nnc2ccccn12)NCCC1=CCCCC1. The van der Waals surface area contributed by atoms with Crippen LogP contribution in [0.1, 0.15) is 44.9 Å². The van der Waals surface area contributed by atoms with Crippen molar-refractivity contribution in [2.75, 3.05) is 13.1 Å². The highest BCUT2D eigenvalue weighted by atomic mass is 15.3. The highest BCUT2D eigenvalue weighted by Gasteiger charge is 2.06. The van der Waals surface area contributed by atoms with Crippen molar-refractivity contribution >= 4 is 11.6 Å². The number of allylic oxidation sites excluding steroid dienone is 1. The molecule has 3 rings (SSSR count). The molecule has 128 valence electrons. The predicted molar refractivity (Wildman–Crippen MR) is 97.0 cm³/mol. The van der Waals surface area contributed by atoms with Gasteiger partial charge in [0, 0.05) is 19.3 Å². The van der Waals surface area contributed by atoms with Gasteiger partial charge >= 0.3 is 0 Å². The van der Waals surface area contributed by atoms with Crippen molar-refractivity contribution in [1.29, 1.82) is 0 Å². The molecule has 0 radical (unpaired) electrons. The van der Waals surface area contributed by atoms with Gasteiger partial charge in [0.15, 0.2) is 17.4 Å². The van der Waals surface area contributed by atoms with E-state index in [9.17, 15) is 0 Å². The zero-order valence-electron chi connectivity index (χ0n) is 14.3. The molecule has 2 N–H and O–H groups in total. The Morgan fingerprint density at radius 2 is 2.21 bits per heavy atom. The minimum Gasteiger partial charge on any atom is -0.357 e. The summed E-state index contributed by atoms with van der Waals surface area (Å²) < 4.78 is 1.97. The first-order valence-corrected chi connectivity index (χ1v) is 8.85. The molecule has 2 heterocycles. The number of guanidine groups is 1. The number of hydrogen-bond donors (Lipinski definition) is 2. The van der Waals surface area contributed by atoms with E-state index in [2.05, 4.69) is 38.8 Å². The summed E-state index contributed by atoms with van der Waals surface area (Å²) in [6, 6.07) is 5.88. The number of fused-ring (bicyclic) bond motifs is 1. The highest BCUT2D eigenvalue weighted by Crippen LogP contribution is 2.19. The first-order chi connectivity index (χ1) is 11.9. The third kappa shape index (κ3) is 4.34. The topological polar surface area (TPSA) is 66.6 Å². The Kier molecular flexibility index (Phi) is 5.82. The summed E-state index contributed by atoms with van der Waals surface area (Å²) in [7, 11) is 0. The van der Waals surface area contributed by atoms with E-state index in [1.54, 1.807) is 5.57 Å². The van der Waals surface area contributed by atoms with Crippen molar-refractivity contribution in [1.82, 2.24) is 25.2 Å². The summed E-state index contributed by atoms with van der Waals surface area (Å²) in [5.41, 5.74) is 2.43. The van der Waals surface area contributed by atoms with E-state index in [0.29, 0.717) is 6.54 Å². The molecule has 6 heteroatoms. The summed E-state index contributed by atoms with van der Waals surface area (Å²) in [5, 5.41) is 15.1. The van der Waals surface area contributed by atoms with Gasteiger partial charge in [-0.2, -0.15) is 0 Å². The lowest BCUT2D eigenvalue weighted by Gasteiger charge is -2.15. The van der Waals surface area contributed by atoms with E-state index in [-0.39, 0.29) is 0 Å². The van der Waals surface area contributed by atoms with Gasteiger partial charge in [-0.15, -0.1) is 10.2 Å². The van der Waals surface area contributed by atoms with Crippen LogP contribution in [0.25, 0.3) is 5.65 Å². The van der Waals surface area contributed by atoms with Gasteiger partial charge in [0.2, 0.25) is 0 Å². The number of hydrogen-bond acceptors (Lipinski definition) is 3. The van der Waals surface area contributed by atoms with Crippen molar-refractivity contribution in [3.8, 4) is 0 Å². The normalized spacial score (nSPS) is 15.4. The second-order valence-corrected chi connectivity index (χ2v) is 6.03. The molecule has 2 aromatic heterocycles. The summed E-state index contributed by atoms with van der Waals surface area (Å²) in [6.07, 6.45) is 10.6. The molecule has 0 atom stereocenters. The first-order valence-electron chi connectivity index (χ1n) is 8.85. The van der Waals surface area contributed by atoms with Crippen LogP contribution in [-0.2, 0) is 6.54 Å². The molecule has 1 aliphatic carbocycles. The molecular weight excluding hydrogens is 300 g/mol. The zero-order chi connectivity index (χ0) is 16.6. The van der Waals surface area contributed by atoms with Gasteiger partial charge in [-0.1, -0.05) is 17.7 Å². The first kappa shape index (κ1) is 16.5. The molecule has 0 aliphatic heterocycles. The monoisotopic (exact) mass is 326 g/mol. The quantitative estimate of drug-likeness (QED) is 0.486. The fourth-order valence-corrected chi connectivity index (χ4v) is 2.96. The molecule has 6 nitrogen and oxygen atoms in total. The van der Waals surface area contributed by atoms with E-state index in [1.165, 1.54) is 25.7 Å². The number of nitrogens with zero attached hydrogens (tertiary/aromatic N) is 4. The Morgan fingerprint density at radius 1 is 1.25 bits per heavy atom. The van der Waals surface area contributed by atoms with Gasteiger partial charge in [0.05, 0.1) is 0 Å². The van der Waals surface area contributed by atoms with E-state index in [0.717, 1.165) is 36.9 Å². The van der Waals surface area contributed by atoms with Gasteiger partial charge in [-0.25, -0.2) is 4.99 Å². The van der Waals surface area contributed by atoms with Crippen LogP contribution in [0, 0.1) is 0 Å². The molecule has 0 spiro atoms. The Balaban J connectivity index is 1.57. The largest absolute Gasteiger partial charge is 0.357 e. The number of aliphatic imine (C=N–C) groups is 1. The van der Waals surface area contributed by atoms with E-state index in [1.807, 2.05) is 28.8 Å². The number of pyridine rings is 1. The van der Waals surface area contributed by atoms with Crippen LogP contribution in [0.4, 0.5) is 0 Å². The van der Waals surface area contributed by atoms with E-state index in [4.69, 9.17) is 0 Å². The van der Waals surface area contributed by atoms with Crippen molar-refractivity contribution in [2.45, 2.75) is 45.6 Å². The van der Waals surface area contributed by atoms with E-state index >= 15 is 0 Å². The molecule has 0 unspecified atom stereocenters. The lowest BCUT2D eigenvalue weighted by molar-refractivity contribution is 0.665. The molecular formula is C18H26N6. The van der Waals surface area contributed by atoms with Crippen molar-refractivity contribution in [2.24, 2.45) is 4.99 Å². The minimum atomic E-state index is 0.503. The van der Waals surface area contributed by atoms with E-state index < -0.39 is 0 Å². The minimum absolute atomic E-state index is 0.503. The highest BCUT2D eigenvalue weighted by molar-refractivity contribution is 5.79. The van der Waals surface area contributed by atoms with Gasteiger partial charge < -0.3 is 10.6 Å². The zero-order valence-corrected chi connectivity index (χ0v) is 14.3. The molecule has 0 bridgehead atoms. The molecule has 0 saturated heterocycles. The Hall–Kier alpha value is -2.37. The van der Waals surface area contributed by atoms with Crippen molar-refractivity contribution in [3.05, 3.63) is 41.9 Å². The second-order valence-electron chi connectivity index (χ2n) is 6.03. The molecule has 24 heavy (non-hydrogen) atoms. The third-order valence-electron chi connectivity index (χ3n) is 4.23. The number of nitrogens with one attached hydrogen (secondary N) is 2. The van der Waals surface area contributed by atoms with Crippen molar-refractivity contribution < 1.29 is 0 Å². The summed E-state index contributed by atoms with van der Waals surface area (Å²) in [5.74, 6) is 1.68. The van der Waals surface area contributed by atoms with Crippen LogP contribution in [0.15, 0.2) is 41.0 Å². The predicted octanol–water partition coefficient (Wildman–Crippen LogP) is 2.67. The Morgan fingerprint density at radius 3 is 3.04 bits per heavy atom.